The molecule has 0 bridgehead atoms. The van der Waals surface area contributed by atoms with E-state index in [4.69, 9.17) is 40.1 Å². The monoisotopic (exact) mass is 237 g/mol. The second kappa shape index (κ2) is 5.04. The molecule has 0 aliphatic carbocycles. The van der Waals surface area contributed by atoms with Gasteiger partial charge in [-0.1, -0.05) is 34.8 Å². The minimum absolute atomic E-state index is 0.847. The lowest BCUT2D eigenvalue weighted by Crippen LogP contribution is -2.16. The zero-order valence-electron chi connectivity index (χ0n) is 5.81. The first-order chi connectivity index (χ1) is 4.66. The molecule has 0 rings (SSSR count). The maximum atomic E-state index is 10.3. The standard InChI is InChI=1S/C2H3Cl3O2S.C2H3N/c1-8(6,7)2(3,4)5;1-2-3/h1H3;1H3. The third-order valence-electron chi connectivity index (χ3n) is 0.420. The van der Waals surface area contributed by atoms with Gasteiger partial charge in [-0.25, -0.2) is 8.42 Å². The molecule has 0 N–H and O–H groups in total. The summed E-state index contributed by atoms with van der Waals surface area (Å²) in [5.41, 5.74) is 0. The molecular formula is C4H6Cl3NO2S. The fourth-order valence-electron chi connectivity index (χ4n) is 0. The minimum atomic E-state index is -3.54. The Morgan fingerprint density at radius 1 is 1.36 bits per heavy atom. The summed E-state index contributed by atoms with van der Waals surface area (Å²) in [6, 6.07) is 1.75. The highest BCUT2D eigenvalue weighted by Crippen LogP contribution is 2.31. The zero-order valence-corrected chi connectivity index (χ0v) is 8.89. The Kier molecular flexibility index (Phi) is 6.36. The SMILES string of the molecule is CC#N.CS(=O)(=O)C(Cl)(Cl)Cl. The molecule has 0 aliphatic heterocycles. The van der Waals surface area contributed by atoms with Crippen LogP contribution in [0, 0.1) is 11.3 Å². The van der Waals surface area contributed by atoms with E-state index in [1.54, 1.807) is 6.07 Å². The lowest BCUT2D eigenvalue weighted by Gasteiger charge is -2.05. The Balaban J connectivity index is 0. The summed E-state index contributed by atoms with van der Waals surface area (Å²) in [7, 11) is -3.54. The molecule has 0 amide bonds. The minimum Gasteiger partial charge on any atom is -0.225 e. The number of sulfone groups is 1. The molecule has 0 saturated heterocycles. The summed E-state index contributed by atoms with van der Waals surface area (Å²) in [6.07, 6.45) is 0.847. The van der Waals surface area contributed by atoms with Crippen molar-refractivity contribution >= 4 is 44.6 Å². The smallest absolute Gasteiger partial charge is 0.225 e. The van der Waals surface area contributed by atoms with Crippen LogP contribution in [-0.4, -0.2) is 17.8 Å². The van der Waals surface area contributed by atoms with Gasteiger partial charge in [0.1, 0.15) is 0 Å². The van der Waals surface area contributed by atoms with Crippen molar-refractivity contribution in [3.05, 3.63) is 0 Å². The number of nitriles is 1. The van der Waals surface area contributed by atoms with E-state index in [0.29, 0.717) is 0 Å². The van der Waals surface area contributed by atoms with Crippen LogP contribution in [0.5, 0.6) is 0 Å². The molecule has 0 fully saturated rings. The molecule has 0 radical (unpaired) electrons. The fraction of sp³-hybridized carbons (Fsp3) is 0.750. The van der Waals surface area contributed by atoms with Gasteiger partial charge in [0.25, 0.3) is 3.12 Å². The first-order valence-electron chi connectivity index (χ1n) is 2.24. The number of hydrogen-bond donors (Lipinski definition) is 0. The molecule has 0 atom stereocenters. The van der Waals surface area contributed by atoms with E-state index < -0.39 is 13.0 Å². The first kappa shape index (κ1) is 13.9. The molecule has 0 aromatic carbocycles. The second-order valence-electron chi connectivity index (χ2n) is 1.44. The van der Waals surface area contributed by atoms with Gasteiger partial charge in [0.2, 0.25) is 0 Å². The van der Waals surface area contributed by atoms with Gasteiger partial charge in [0, 0.05) is 13.2 Å². The Morgan fingerprint density at radius 3 is 1.45 bits per heavy atom. The molecule has 11 heavy (non-hydrogen) atoms. The summed E-state index contributed by atoms with van der Waals surface area (Å²) >= 11 is 14.9. The Hall–Kier alpha value is 0.310. The first-order valence-corrected chi connectivity index (χ1v) is 5.26. The van der Waals surface area contributed by atoms with Crippen molar-refractivity contribution in [1.82, 2.24) is 0 Å². The quantitative estimate of drug-likeness (QED) is 0.606. The lowest BCUT2D eigenvalue weighted by atomic mass is 11.0. The van der Waals surface area contributed by atoms with Gasteiger partial charge in [-0.3, -0.25) is 0 Å². The molecule has 0 aliphatic rings. The van der Waals surface area contributed by atoms with Crippen LogP contribution in [0.3, 0.4) is 0 Å². The molecule has 0 heterocycles. The maximum Gasteiger partial charge on any atom is 0.292 e. The molecule has 7 heteroatoms. The molecule has 0 saturated carbocycles. The molecular weight excluding hydrogens is 232 g/mol. The summed E-state index contributed by atoms with van der Waals surface area (Å²) in [5.74, 6) is 0. The maximum absolute atomic E-state index is 10.3. The largest absolute Gasteiger partial charge is 0.292 e. The molecule has 0 aromatic rings. The fourth-order valence-corrected chi connectivity index (χ4v) is 0. The van der Waals surface area contributed by atoms with Crippen LogP contribution < -0.4 is 0 Å². The van der Waals surface area contributed by atoms with Crippen LogP contribution in [0.4, 0.5) is 0 Å². The molecule has 66 valence electrons. The van der Waals surface area contributed by atoms with Gasteiger partial charge >= 0.3 is 0 Å². The van der Waals surface area contributed by atoms with Crippen LogP contribution in [0.1, 0.15) is 6.92 Å². The zero-order chi connectivity index (χ0) is 9.71. The summed E-state index contributed by atoms with van der Waals surface area (Å²) in [6.45, 7) is 1.43. The van der Waals surface area contributed by atoms with Gasteiger partial charge in [0.05, 0.1) is 6.07 Å². The van der Waals surface area contributed by atoms with E-state index in [9.17, 15) is 8.42 Å². The van der Waals surface area contributed by atoms with Crippen LogP contribution in [0.15, 0.2) is 0 Å². The highest BCUT2D eigenvalue weighted by Gasteiger charge is 2.32. The predicted molar refractivity (Wildman–Crippen MR) is 46.4 cm³/mol. The number of nitrogens with zero attached hydrogens (tertiary/aromatic N) is 1. The van der Waals surface area contributed by atoms with Crippen molar-refractivity contribution in [2.45, 2.75) is 10.0 Å². The van der Waals surface area contributed by atoms with Gasteiger partial charge in [-0.15, -0.1) is 0 Å². The third-order valence-corrected chi connectivity index (χ3v) is 3.78. The highest BCUT2D eigenvalue weighted by molar-refractivity contribution is 7.96. The van der Waals surface area contributed by atoms with Crippen LogP contribution in [0.2, 0.25) is 0 Å². The molecule has 3 nitrogen and oxygen atoms in total. The summed E-state index contributed by atoms with van der Waals surface area (Å²) < 4.78 is 18.3. The van der Waals surface area contributed by atoms with Crippen LogP contribution in [0.25, 0.3) is 0 Å². The molecule has 0 spiro atoms. The van der Waals surface area contributed by atoms with Crippen molar-refractivity contribution in [2.24, 2.45) is 0 Å². The Labute approximate surface area is 80.8 Å². The number of halogens is 3. The normalized spacial score (nSPS) is 10.9. The van der Waals surface area contributed by atoms with Gasteiger partial charge in [0.15, 0.2) is 9.84 Å². The van der Waals surface area contributed by atoms with E-state index in [1.807, 2.05) is 0 Å². The predicted octanol–water partition coefficient (Wildman–Crippen LogP) is 1.89. The molecule has 0 unspecified atom stereocenters. The van der Waals surface area contributed by atoms with E-state index in [1.165, 1.54) is 6.92 Å². The van der Waals surface area contributed by atoms with Crippen LogP contribution in [-0.2, 0) is 9.84 Å². The van der Waals surface area contributed by atoms with E-state index in [-0.39, 0.29) is 0 Å². The second-order valence-corrected chi connectivity index (χ2v) is 6.55. The van der Waals surface area contributed by atoms with Gasteiger partial charge in [-0.2, -0.15) is 5.26 Å². The topological polar surface area (TPSA) is 57.9 Å². The summed E-state index contributed by atoms with van der Waals surface area (Å²) in [4.78, 5) is 0. The number of hydrogen-bond acceptors (Lipinski definition) is 3. The lowest BCUT2D eigenvalue weighted by molar-refractivity contribution is 0.602. The summed E-state index contributed by atoms with van der Waals surface area (Å²) in [5, 5.41) is 7.32. The average Bonchev–Trinajstić information content (AvgIpc) is 1.60. The number of alkyl halides is 3. The third kappa shape index (κ3) is 8.21. The van der Waals surface area contributed by atoms with Gasteiger partial charge < -0.3 is 0 Å². The van der Waals surface area contributed by atoms with E-state index >= 15 is 0 Å². The Bertz CT molecular complexity index is 235. The van der Waals surface area contributed by atoms with Crippen molar-refractivity contribution in [1.29, 1.82) is 5.26 Å². The van der Waals surface area contributed by atoms with E-state index in [2.05, 4.69) is 0 Å². The molecule has 0 aromatic heterocycles. The van der Waals surface area contributed by atoms with Crippen molar-refractivity contribution in [3.8, 4) is 6.07 Å². The number of rotatable bonds is 0. The van der Waals surface area contributed by atoms with Crippen molar-refractivity contribution < 1.29 is 8.42 Å². The van der Waals surface area contributed by atoms with Crippen LogP contribution >= 0.6 is 34.8 Å². The average molecular weight is 239 g/mol. The van der Waals surface area contributed by atoms with E-state index in [0.717, 1.165) is 6.26 Å². The van der Waals surface area contributed by atoms with Gasteiger partial charge in [-0.05, 0) is 0 Å². The Morgan fingerprint density at radius 2 is 1.45 bits per heavy atom. The van der Waals surface area contributed by atoms with Crippen molar-refractivity contribution in [3.63, 3.8) is 0 Å². The van der Waals surface area contributed by atoms with Crippen molar-refractivity contribution in [2.75, 3.05) is 6.26 Å². The highest BCUT2D eigenvalue weighted by atomic mass is 35.6.